The van der Waals surface area contributed by atoms with Crippen molar-refractivity contribution in [2.45, 2.75) is 64.6 Å². The van der Waals surface area contributed by atoms with E-state index in [-0.39, 0.29) is 12.3 Å². The molecule has 8 heteroatoms. The van der Waals surface area contributed by atoms with Gasteiger partial charge in [-0.25, -0.2) is 9.80 Å². The van der Waals surface area contributed by atoms with Crippen molar-refractivity contribution in [3.63, 3.8) is 0 Å². The van der Waals surface area contributed by atoms with E-state index in [1.807, 2.05) is 0 Å². The minimum Gasteiger partial charge on any atom is -0.458 e. The number of hydrogen-bond donors (Lipinski definition) is 1. The highest BCUT2D eigenvalue weighted by Crippen LogP contribution is 2.29. The quantitative estimate of drug-likeness (QED) is 0.761. The number of carbonyl (C=O) groups is 4. The second-order valence-electron chi connectivity index (χ2n) is 8.89. The molecule has 1 aromatic carbocycles. The molecule has 2 fully saturated rings. The van der Waals surface area contributed by atoms with Crippen LogP contribution < -0.4 is 5.32 Å². The third kappa shape index (κ3) is 4.63. The van der Waals surface area contributed by atoms with Gasteiger partial charge >= 0.3 is 5.97 Å². The SMILES string of the molecule is C[C@H]1CC(=O)N2CCC[C@@H](C(=O)OC(C)(C)C)N2C(=O)C1NC(=O)c1ccccc1. The molecule has 3 amide bonds. The Labute approximate surface area is 176 Å². The molecule has 0 radical (unpaired) electrons. The molecular formula is C22H29N3O5. The number of carbonyl (C=O) groups excluding carboxylic acids is 4. The number of amides is 3. The molecular weight excluding hydrogens is 386 g/mol. The van der Waals surface area contributed by atoms with Crippen LogP contribution in [0.15, 0.2) is 30.3 Å². The molecule has 1 N–H and O–H groups in total. The third-order valence-corrected chi connectivity index (χ3v) is 5.25. The number of ether oxygens (including phenoxy) is 1. The fourth-order valence-electron chi connectivity index (χ4n) is 3.84. The highest BCUT2D eigenvalue weighted by Gasteiger charge is 2.47. The van der Waals surface area contributed by atoms with Crippen LogP contribution in [0.3, 0.4) is 0 Å². The number of nitrogens with zero attached hydrogens (tertiary/aromatic N) is 2. The first-order chi connectivity index (χ1) is 14.1. The summed E-state index contributed by atoms with van der Waals surface area (Å²) in [6.07, 6.45) is 1.09. The lowest BCUT2D eigenvalue weighted by atomic mass is 9.97. The average Bonchev–Trinajstić information content (AvgIpc) is 2.77. The van der Waals surface area contributed by atoms with Gasteiger partial charge in [0.15, 0.2) is 6.04 Å². The number of nitrogens with one attached hydrogen (secondary N) is 1. The van der Waals surface area contributed by atoms with Crippen molar-refractivity contribution in [2.75, 3.05) is 6.54 Å². The summed E-state index contributed by atoms with van der Waals surface area (Å²) in [5, 5.41) is 5.35. The Morgan fingerprint density at radius 2 is 1.80 bits per heavy atom. The molecule has 3 atom stereocenters. The molecule has 0 aromatic heterocycles. The predicted molar refractivity (Wildman–Crippen MR) is 109 cm³/mol. The Morgan fingerprint density at radius 1 is 1.13 bits per heavy atom. The summed E-state index contributed by atoms with van der Waals surface area (Å²) in [4.78, 5) is 51.8. The Bertz CT molecular complexity index is 833. The molecule has 1 aromatic rings. The van der Waals surface area contributed by atoms with E-state index in [1.165, 1.54) is 10.0 Å². The second-order valence-corrected chi connectivity index (χ2v) is 8.89. The van der Waals surface area contributed by atoms with E-state index in [1.54, 1.807) is 58.0 Å². The van der Waals surface area contributed by atoms with E-state index < -0.39 is 41.4 Å². The second kappa shape index (κ2) is 8.45. The van der Waals surface area contributed by atoms with E-state index in [0.717, 1.165) is 0 Å². The van der Waals surface area contributed by atoms with Crippen LogP contribution in [0.2, 0.25) is 0 Å². The minimum atomic E-state index is -0.922. The van der Waals surface area contributed by atoms with Crippen molar-refractivity contribution in [1.29, 1.82) is 0 Å². The van der Waals surface area contributed by atoms with Crippen LogP contribution in [0, 0.1) is 5.92 Å². The van der Waals surface area contributed by atoms with Gasteiger partial charge in [0.25, 0.3) is 11.8 Å². The average molecular weight is 415 g/mol. The lowest BCUT2D eigenvalue weighted by Gasteiger charge is -2.43. The number of esters is 1. The lowest BCUT2D eigenvalue weighted by Crippen LogP contribution is -2.63. The molecule has 0 bridgehead atoms. The number of hydrazine groups is 1. The predicted octanol–water partition coefficient (Wildman–Crippen LogP) is 1.90. The van der Waals surface area contributed by atoms with Crippen molar-refractivity contribution in [3.8, 4) is 0 Å². The zero-order chi connectivity index (χ0) is 22.1. The summed E-state index contributed by atoms with van der Waals surface area (Å²) in [5.74, 6) is -2.06. The number of benzene rings is 1. The van der Waals surface area contributed by atoms with Gasteiger partial charge in [0.2, 0.25) is 5.91 Å². The number of fused-ring (bicyclic) bond motifs is 1. The largest absolute Gasteiger partial charge is 0.458 e. The van der Waals surface area contributed by atoms with Crippen LogP contribution in [-0.4, -0.2) is 57.9 Å². The van der Waals surface area contributed by atoms with Gasteiger partial charge in [-0.3, -0.25) is 19.4 Å². The molecule has 2 saturated heterocycles. The Morgan fingerprint density at radius 3 is 2.43 bits per heavy atom. The minimum absolute atomic E-state index is 0.100. The molecule has 0 spiro atoms. The van der Waals surface area contributed by atoms with Crippen molar-refractivity contribution in [2.24, 2.45) is 5.92 Å². The highest BCUT2D eigenvalue weighted by molar-refractivity contribution is 5.99. The molecule has 0 aliphatic carbocycles. The molecule has 3 rings (SSSR count). The molecule has 2 aliphatic heterocycles. The zero-order valence-electron chi connectivity index (χ0n) is 17.9. The molecule has 2 heterocycles. The Balaban J connectivity index is 1.89. The standard InChI is InChI=1S/C22H29N3O5/c1-14-13-17(26)24-12-8-11-16(21(29)30-22(2,3)4)25(24)20(28)18(14)23-19(27)15-9-6-5-7-10-15/h5-7,9-10,14,16,18H,8,11-13H2,1-4H3,(H,23,27)/t14-,16-,18?/m0/s1. The molecule has 30 heavy (non-hydrogen) atoms. The van der Waals surface area contributed by atoms with Gasteiger partial charge < -0.3 is 10.1 Å². The van der Waals surface area contributed by atoms with Crippen LogP contribution >= 0.6 is 0 Å². The van der Waals surface area contributed by atoms with E-state index in [0.29, 0.717) is 24.9 Å². The molecule has 8 nitrogen and oxygen atoms in total. The summed E-state index contributed by atoms with van der Waals surface area (Å²) in [6.45, 7) is 7.38. The fourth-order valence-corrected chi connectivity index (χ4v) is 3.84. The third-order valence-electron chi connectivity index (χ3n) is 5.25. The first-order valence-electron chi connectivity index (χ1n) is 10.3. The smallest absolute Gasteiger partial charge is 0.331 e. The van der Waals surface area contributed by atoms with Crippen molar-refractivity contribution in [3.05, 3.63) is 35.9 Å². The molecule has 0 saturated carbocycles. The maximum Gasteiger partial charge on any atom is 0.331 e. The monoisotopic (exact) mass is 415 g/mol. The topological polar surface area (TPSA) is 96.0 Å². The lowest BCUT2D eigenvalue weighted by molar-refractivity contribution is -0.187. The molecule has 1 unspecified atom stereocenters. The molecule has 162 valence electrons. The van der Waals surface area contributed by atoms with E-state index >= 15 is 0 Å². The maximum absolute atomic E-state index is 13.5. The zero-order valence-corrected chi connectivity index (χ0v) is 17.9. The number of hydrogen-bond acceptors (Lipinski definition) is 5. The summed E-state index contributed by atoms with van der Waals surface area (Å²) >= 11 is 0. The Hall–Kier alpha value is -2.90. The van der Waals surface area contributed by atoms with Crippen molar-refractivity contribution >= 4 is 23.7 Å². The van der Waals surface area contributed by atoms with Gasteiger partial charge in [-0.05, 0) is 51.7 Å². The first kappa shape index (κ1) is 21.8. The van der Waals surface area contributed by atoms with Crippen molar-refractivity contribution < 1.29 is 23.9 Å². The van der Waals surface area contributed by atoms with Gasteiger partial charge in [-0.1, -0.05) is 25.1 Å². The van der Waals surface area contributed by atoms with Gasteiger partial charge in [0.05, 0.1) is 0 Å². The summed E-state index contributed by atoms with van der Waals surface area (Å²) in [6, 6.07) is 6.77. The summed E-state index contributed by atoms with van der Waals surface area (Å²) in [5.41, 5.74) is -0.292. The van der Waals surface area contributed by atoms with E-state index in [9.17, 15) is 19.2 Å². The van der Waals surface area contributed by atoms with E-state index in [2.05, 4.69) is 5.32 Å². The van der Waals surface area contributed by atoms with Crippen LogP contribution in [0.4, 0.5) is 0 Å². The van der Waals surface area contributed by atoms with E-state index in [4.69, 9.17) is 4.74 Å². The van der Waals surface area contributed by atoms with Crippen LogP contribution in [0.1, 0.15) is 57.3 Å². The normalized spacial score (nSPS) is 24.7. The maximum atomic E-state index is 13.5. The van der Waals surface area contributed by atoms with Crippen molar-refractivity contribution in [1.82, 2.24) is 15.3 Å². The first-order valence-corrected chi connectivity index (χ1v) is 10.3. The van der Waals surface area contributed by atoms with Gasteiger partial charge in [0.1, 0.15) is 11.6 Å². The van der Waals surface area contributed by atoms with Crippen LogP contribution in [0.5, 0.6) is 0 Å². The highest BCUT2D eigenvalue weighted by atomic mass is 16.6. The molecule has 2 aliphatic rings. The van der Waals surface area contributed by atoms with Gasteiger partial charge in [-0.2, -0.15) is 0 Å². The van der Waals surface area contributed by atoms with Gasteiger partial charge in [0, 0.05) is 18.5 Å². The Kier molecular flexibility index (Phi) is 6.14. The number of rotatable bonds is 3. The summed E-state index contributed by atoms with van der Waals surface area (Å²) < 4.78 is 5.50. The van der Waals surface area contributed by atoms with Gasteiger partial charge in [-0.15, -0.1) is 0 Å². The summed E-state index contributed by atoms with van der Waals surface area (Å²) in [7, 11) is 0. The van der Waals surface area contributed by atoms with Crippen LogP contribution in [-0.2, 0) is 19.1 Å². The van der Waals surface area contributed by atoms with Crippen LogP contribution in [0.25, 0.3) is 0 Å². The fraction of sp³-hybridized carbons (Fsp3) is 0.545.